The zero-order chi connectivity index (χ0) is 13.0. The lowest BCUT2D eigenvalue weighted by Gasteiger charge is -2.39. The number of methoxy groups -OCH3 is 1. The second kappa shape index (κ2) is 3.95. The smallest absolute Gasteiger partial charge is 0.137 e. The van der Waals surface area contributed by atoms with Gasteiger partial charge in [-0.2, -0.15) is 0 Å². The van der Waals surface area contributed by atoms with Crippen LogP contribution in [0.2, 0.25) is 0 Å². The first kappa shape index (κ1) is 11.7. The molecule has 4 rings (SSSR count). The number of hydrogen-bond donors (Lipinski definition) is 1. The first-order valence-electron chi connectivity index (χ1n) is 7.44. The van der Waals surface area contributed by atoms with Crippen LogP contribution in [0.3, 0.4) is 0 Å². The number of hydrogen-bond acceptors (Lipinski definition) is 3. The minimum atomic E-state index is -0.655. The molecular formula is C16H21NO2. The van der Waals surface area contributed by atoms with Crippen LogP contribution in [0.15, 0.2) is 18.5 Å². The summed E-state index contributed by atoms with van der Waals surface area (Å²) in [6.45, 7) is 0. The fraction of sp³-hybridized carbons (Fsp3) is 0.688. The van der Waals surface area contributed by atoms with Crippen LogP contribution in [0.4, 0.5) is 0 Å². The zero-order valence-electron chi connectivity index (χ0n) is 11.4. The molecule has 0 aliphatic heterocycles. The van der Waals surface area contributed by atoms with Gasteiger partial charge < -0.3 is 9.84 Å². The molecule has 3 heteroatoms. The van der Waals surface area contributed by atoms with Gasteiger partial charge in [0.05, 0.1) is 18.9 Å². The Kier molecular flexibility index (Phi) is 2.44. The van der Waals surface area contributed by atoms with Crippen molar-refractivity contribution >= 4 is 0 Å². The summed E-state index contributed by atoms with van der Waals surface area (Å²) < 4.78 is 5.25. The molecule has 1 aromatic rings. The first-order chi connectivity index (χ1) is 9.22. The minimum Gasteiger partial charge on any atom is -0.495 e. The minimum absolute atomic E-state index is 0.443. The van der Waals surface area contributed by atoms with Gasteiger partial charge >= 0.3 is 0 Å². The molecule has 5 unspecified atom stereocenters. The van der Waals surface area contributed by atoms with E-state index in [0.717, 1.165) is 35.5 Å². The molecule has 19 heavy (non-hydrogen) atoms. The molecule has 0 radical (unpaired) electrons. The lowest BCUT2D eigenvalue weighted by molar-refractivity contribution is -0.0516. The predicted octanol–water partition coefficient (Wildman–Crippen LogP) is 2.73. The molecule has 2 bridgehead atoms. The molecule has 102 valence electrons. The highest BCUT2D eigenvalue weighted by Gasteiger charge is 2.60. The molecule has 3 nitrogen and oxygen atoms in total. The molecule has 1 N–H and O–H groups in total. The molecule has 1 aromatic heterocycles. The topological polar surface area (TPSA) is 42.4 Å². The van der Waals surface area contributed by atoms with Crippen molar-refractivity contribution < 1.29 is 9.84 Å². The van der Waals surface area contributed by atoms with Crippen LogP contribution >= 0.6 is 0 Å². The predicted molar refractivity (Wildman–Crippen MR) is 71.7 cm³/mol. The van der Waals surface area contributed by atoms with Crippen molar-refractivity contribution in [2.24, 2.45) is 23.7 Å². The Balaban J connectivity index is 1.71. The van der Waals surface area contributed by atoms with E-state index >= 15 is 0 Å². The summed E-state index contributed by atoms with van der Waals surface area (Å²) in [6, 6.07) is 1.97. The Labute approximate surface area is 114 Å². The van der Waals surface area contributed by atoms with E-state index in [1.54, 1.807) is 13.3 Å². The average molecular weight is 259 g/mol. The molecule has 3 saturated carbocycles. The molecule has 3 aliphatic rings. The molecule has 0 aromatic carbocycles. The lowest BCUT2D eigenvalue weighted by atomic mass is 9.70. The summed E-state index contributed by atoms with van der Waals surface area (Å²) in [7, 11) is 1.65. The highest BCUT2D eigenvalue weighted by Crippen LogP contribution is 2.65. The van der Waals surface area contributed by atoms with E-state index in [2.05, 4.69) is 4.98 Å². The molecule has 0 spiro atoms. The van der Waals surface area contributed by atoms with Gasteiger partial charge in [-0.15, -0.1) is 0 Å². The van der Waals surface area contributed by atoms with Gasteiger partial charge in [-0.1, -0.05) is 6.42 Å². The fourth-order valence-corrected chi connectivity index (χ4v) is 5.21. The molecule has 5 atom stereocenters. The van der Waals surface area contributed by atoms with Gasteiger partial charge in [0, 0.05) is 11.8 Å². The van der Waals surface area contributed by atoms with Gasteiger partial charge in [0.2, 0.25) is 0 Å². The van der Waals surface area contributed by atoms with E-state index in [4.69, 9.17) is 4.74 Å². The van der Waals surface area contributed by atoms with E-state index in [0.29, 0.717) is 5.92 Å². The number of aromatic nitrogens is 1. The van der Waals surface area contributed by atoms with Crippen LogP contribution in [-0.2, 0) is 5.60 Å². The Morgan fingerprint density at radius 3 is 3.00 bits per heavy atom. The van der Waals surface area contributed by atoms with Crippen molar-refractivity contribution in [3.63, 3.8) is 0 Å². The maximum atomic E-state index is 11.2. The van der Waals surface area contributed by atoms with Gasteiger partial charge in [-0.05, 0) is 55.4 Å². The number of ether oxygens (including phenoxy) is 1. The SMILES string of the molecule is COc1cncc(C2(O)CC3CC2C2CCCC32)c1. The maximum Gasteiger partial charge on any atom is 0.137 e. The van der Waals surface area contributed by atoms with Crippen molar-refractivity contribution in [1.82, 2.24) is 4.98 Å². The number of nitrogens with zero attached hydrogens (tertiary/aromatic N) is 1. The third-order valence-electron chi connectivity index (χ3n) is 5.94. The number of pyridine rings is 1. The summed E-state index contributed by atoms with van der Waals surface area (Å²) in [5.41, 5.74) is 0.308. The Bertz CT molecular complexity index is 503. The normalized spacial score (nSPS) is 43.5. The highest BCUT2D eigenvalue weighted by molar-refractivity contribution is 5.31. The quantitative estimate of drug-likeness (QED) is 0.888. The average Bonchev–Trinajstić information content (AvgIpc) is 3.10. The second-order valence-corrected chi connectivity index (χ2v) is 6.60. The van der Waals surface area contributed by atoms with E-state index in [-0.39, 0.29) is 0 Å². The summed E-state index contributed by atoms with van der Waals surface area (Å²) in [6.07, 6.45) is 9.72. The first-order valence-corrected chi connectivity index (χ1v) is 7.44. The monoisotopic (exact) mass is 259 g/mol. The zero-order valence-corrected chi connectivity index (χ0v) is 11.4. The van der Waals surface area contributed by atoms with Gasteiger partial charge in [-0.25, -0.2) is 0 Å². The van der Waals surface area contributed by atoms with E-state index in [1.165, 1.54) is 25.7 Å². The third-order valence-corrected chi connectivity index (χ3v) is 5.94. The standard InChI is InChI=1S/C16H21NO2/c1-19-12-6-11(8-17-9-12)16(18)7-10-5-15(16)14-4-2-3-13(10)14/h6,8-10,13-15,18H,2-5,7H2,1H3. The van der Waals surface area contributed by atoms with Crippen molar-refractivity contribution in [3.8, 4) is 5.75 Å². The van der Waals surface area contributed by atoms with Gasteiger partial charge in [-0.3, -0.25) is 4.98 Å². The van der Waals surface area contributed by atoms with Crippen molar-refractivity contribution in [1.29, 1.82) is 0 Å². The summed E-state index contributed by atoms with van der Waals surface area (Å²) in [4.78, 5) is 4.23. The van der Waals surface area contributed by atoms with Crippen LogP contribution in [-0.4, -0.2) is 17.2 Å². The summed E-state index contributed by atoms with van der Waals surface area (Å²) in [5.74, 6) is 3.56. The van der Waals surface area contributed by atoms with Crippen molar-refractivity contribution in [3.05, 3.63) is 24.0 Å². The van der Waals surface area contributed by atoms with Crippen LogP contribution in [0.1, 0.15) is 37.7 Å². The molecule has 3 fully saturated rings. The third kappa shape index (κ3) is 1.51. The largest absolute Gasteiger partial charge is 0.495 e. The molecular weight excluding hydrogens is 238 g/mol. The summed E-state index contributed by atoms with van der Waals surface area (Å²) >= 11 is 0. The van der Waals surface area contributed by atoms with Crippen LogP contribution in [0.5, 0.6) is 5.75 Å². The molecule has 0 saturated heterocycles. The number of fused-ring (bicyclic) bond motifs is 5. The molecule has 3 aliphatic carbocycles. The van der Waals surface area contributed by atoms with Crippen molar-refractivity contribution in [2.45, 2.75) is 37.7 Å². The van der Waals surface area contributed by atoms with Gasteiger partial charge in [0.25, 0.3) is 0 Å². The number of aliphatic hydroxyl groups is 1. The van der Waals surface area contributed by atoms with Gasteiger partial charge in [0.1, 0.15) is 5.75 Å². The number of rotatable bonds is 2. The van der Waals surface area contributed by atoms with Crippen LogP contribution in [0, 0.1) is 23.7 Å². The Morgan fingerprint density at radius 1 is 1.32 bits per heavy atom. The van der Waals surface area contributed by atoms with Crippen molar-refractivity contribution in [2.75, 3.05) is 7.11 Å². The lowest BCUT2D eigenvalue weighted by Crippen LogP contribution is -2.39. The van der Waals surface area contributed by atoms with E-state index in [1.807, 2.05) is 12.3 Å². The molecule has 0 amide bonds. The second-order valence-electron chi connectivity index (χ2n) is 6.60. The van der Waals surface area contributed by atoms with Crippen LogP contribution < -0.4 is 4.74 Å². The maximum absolute atomic E-state index is 11.2. The van der Waals surface area contributed by atoms with E-state index in [9.17, 15) is 5.11 Å². The fourth-order valence-electron chi connectivity index (χ4n) is 5.21. The summed E-state index contributed by atoms with van der Waals surface area (Å²) in [5, 5.41) is 11.2. The van der Waals surface area contributed by atoms with Gasteiger partial charge in [0.15, 0.2) is 0 Å². The highest BCUT2D eigenvalue weighted by atomic mass is 16.5. The molecule has 1 heterocycles. The Morgan fingerprint density at radius 2 is 2.16 bits per heavy atom. The Hall–Kier alpha value is -1.09. The van der Waals surface area contributed by atoms with Crippen LogP contribution in [0.25, 0.3) is 0 Å². The van der Waals surface area contributed by atoms with E-state index < -0.39 is 5.60 Å².